The molecule has 0 unspecified atom stereocenters. The molecular formula is C16H14ClNO. The van der Waals surface area contributed by atoms with E-state index in [0.29, 0.717) is 0 Å². The minimum Gasteiger partial charge on any atom is -0.411 e. The van der Waals surface area contributed by atoms with Crippen LogP contribution in [0.25, 0.3) is 0 Å². The van der Waals surface area contributed by atoms with Crippen LogP contribution in [0.5, 0.6) is 0 Å². The lowest BCUT2D eigenvalue weighted by molar-refractivity contribution is 0.316. The molecule has 96 valence electrons. The Balaban J connectivity index is 2.03. The van der Waals surface area contributed by atoms with Gasteiger partial charge in [0, 0.05) is 16.5 Å². The Labute approximate surface area is 117 Å². The second kappa shape index (κ2) is 5.06. The highest BCUT2D eigenvalue weighted by Gasteiger charge is 2.26. The molecule has 0 saturated carbocycles. The number of hydrogen-bond donors (Lipinski definition) is 1. The topological polar surface area (TPSA) is 32.6 Å². The van der Waals surface area contributed by atoms with Crippen molar-refractivity contribution in [1.29, 1.82) is 0 Å². The lowest BCUT2D eigenvalue weighted by Crippen LogP contribution is -2.21. The molecule has 3 rings (SSSR count). The minimum absolute atomic E-state index is 0.136. The van der Waals surface area contributed by atoms with Gasteiger partial charge in [0.2, 0.25) is 0 Å². The zero-order chi connectivity index (χ0) is 13.2. The number of oxime groups is 1. The molecule has 0 radical (unpaired) electrons. The van der Waals surface area contributed by atoms with Gasteiger partial charge in [-0.3, -0.25) is 0 Å². The van der Waals surface area contributed by atoms with Gasteiger partial charge >= 0.3 is 0 Å². The van der Waals surface area contributed by atoms with Crippen molar-refractivity contribution in [1.82, 2.24) is 0 Å². The number of hydrogen-bond acceptors (Lipinski definition) is 2. The zero-order valence-corrected chi connectivity index (χ0v) is 11.1. The van der Waals surface area contributed by atoms with Crippen LogP contribution in [-0.4, -0.2) is 10.9 Å². The van der Waals surface area contributed by atoms with Gasteiger partial charge in [-0.25, -0.2) is 0 Å². The van der Waals surface area contributed by atoms with Crippen molar-refractivity contribution >= 4 is 17.3 Å². The normalized spacial score (nSPS) is 20.3. The molecule has 3 heteroatoms. The summed E-state index contributed by atoms with van der Waals surface area (Å²) in [6.45, 7) is 0. The first kappa shape index (κ1) is 12.2. The van der Waals surface area contributed by atoms with E-state index < -0.39 is 0 Å². The van der Waals surface area contributed by atoms with Crippen LogP contribution in [0, 0.1) is 0 Å². The molecule has 1 aliphatic rings. The summed E-state index contributed by atoms with van der Waals surface area (Å²) >= 11 is 5.92. The van der Waals surface area contributed by atoms with Crippen LogP contribution >= 0.6 is 11.6 Å². The fourth-order valence-electron chi connectivity index (χ4n) is 2.76. The summed E-state index contributed by atoms with van der Waals surface area (Å²) < 4.78 is 0. The van der Waals surface area contributed by atoms with E-state index in [2.05, 4.69) is 11.2 Å². The first-order valence-electron chi connectivity index (χ1n) is 6.35. The lowest BCUT2D eigenvalue weighted by Gasteiger charge is -2.26. The molecule has 0 bridgehead atoms. The van der Waals surface area contributed by atoms with Crippen LogP contribution in [0.2, 0.25) is 5.02 Å². The minimum atomic E-state index is 0.136. The molecule has 0 fully saturated rings. The van der Waals surface area contributed by atoms with E-state index in [1.54, 1.807) is 0 Å². The summed E-state index contributed by atoms with van der Waals surface area (Å²) in [4.78, 5) is 0. The SMILES string of the molecule is O/N=C1/c2ccccc2CC[C@H]1c1ccc(Cl)cc1. The molecule has 2 aromatic carbocycles. The Morgan fingerprint density at radius 1 is 1.05 bits per heavy atom. The smallest absolute Gasteiger partial charge is 0.0945 e. The first-order chi connectivity index (χ1) is 9.29. The second-order valence-electron chi connectivity index (χ2n) is 4.79. The van der Waals surface area contributed by atoms with Gasteiger partial charge < -0.3 is 5.21 Å². The van der Waals surface area contributed by atoms with Crippen LogP contribution in [0.15, 0.2) is 53.7 Å². The van der Waals surface area contributed by atoms with Crippen molar-refractivity contribution in [3.63, 3.8) is 0 Å². The van der Waals surface area contributed by atoms with Gasteiger partial charge in [-0.1, -0.05) is 53.2 Å². The fraction of sp³-hybridized carbons (Fsp3) is 0.188. The quantitative estimate of drug-likeness (QED) is 0.610. The highest BCUT2D eigenvalue weighted by molar-refractivity contribution is 6.30. The molecule has 19 heavy (non-hydrogen) atoms. The molecule has 1 N–H and O–H groups in total. The first-order valence-corrected chi connectivity index (χ1v) is 6.73. The molecule has 0 aliphatic heterocycles. The predicted molar refractivity (Wildman–Crippen MR) is 77.3 cm³/mol. The maximum atomic E-state index is 9.39. The van der Waals surface area contributed by atoms with Crippen molar-refractivity contribution in [2.45, 2.75) is 18.8 Å². The molecule has 1 atom stereocenters. The fourth-order valence-corrected chi connectivity index (χ4v) is 2.88. The lowest BCUT2D eigenvalue weighted by atomic mass is 9.78. The average Bonchev–Trinajstić information content (AvgIpc) is 2.47. The number of benzene rings is 2. The van der Waals surface area contributed by atoms with Gasteiger partial charge in [0.1, 0.15) is 0 Å². The van der Waals surface area contributed by atoms with Gasteiger partial charge in [0.15, 0.2) is 0 Å². The Morgan fingerprint density at radius 3 is 2.53 bits per heavy atom. The molecule has 2 nitrogen and oxygen atoms in total. The van der Waals surface area contributed by atoms with Crippen molar-refractivity contribution in [2.75, 3.05) is 0 Å². The summed E-state index contributed by atoms with van der Waals surface area (Å²) in [5.41, 5.74) is 4.20. The Kier molecular flexibility index (Phi) is 3.26. The summed E-state index contributed by atoms with van der Waals surface area (Å²) in [6.07, 6.45) is 1.96. The van der Waals surface area contributed by atoms with E-state index in [9.17, 15) is 5.21 Å². The van der Waals surface area contributed by atoms with Crippen LogP contribution in [0.4, 0.5) is 0 Å². The van der Waals surface area contributed by atoms with Crippen LogP contribution in [0.1, 0.15) is 29.0 Å². The van der Waals surface area contributed by atoms with Gasteiger partial charge in [-0.15, -0.1) is 0 Å². The monoisotopic (exact) mass is 271 g/mol. The van der Waals surface area contributed by atoms with Gasteiger partial charge in [-0.05, 0) is 36.1 Å². The number of fused-ring (bicyclic) bond motifs is 1. The third kappa shape index (κ3) is 2.24. The third-order valence-corrected chi connectivity index (χ3v) is 3.96. The molecular weight excluding hydrogens is 258 g/mol. The summed E-state index contributed by atoms with van der Waals surface area (Å²) in [5.74, 6) is 0.136. The van der Waals surface area contributed by atoms with Crippen LogP contribution in [-0.2, 0) is 6.42 Å². The Morgan fingerprint density at radius 2 is 1.79 bits per heavy atom. The zero-order valence-electron chi connectivity index (χ0n) is 10.4. The molecule has 0 spiro atoms. The maximum absolute atomic E-state index is 9.39. The second-order valence-corrected chi connectivity index (χ2v) is 5.22. The molecule has 0 amide bonds. The van der Waals surface area contributed by atoms with Crippen molar-refractivity contribution in [3.8, 4) is 0 Å². The molecule has 1 aliphatic carbocycles. The highest BCUT2D eigenvalue weighted by Crippen LogP contribution is 2.33. The number of nitrogens with zero attached hydrogens (tertiary/aromatic N) is 1. The van der Waals surface area contributed by atoms with E-state index in [0.717, 1.165) is 34.7 Å². The standard InChI is InChI=1S/C16H14ClNO/c17-13-8-5-12(6-9-13)15-10-7-11-3-1-2-4-14(11)16(15)18-19/h1-6,8-9,15,19H,7,10H2/b18-16-/t15-/m0/s1. The van der Waals surface area contributed by atoms with Gasteiger partial charge in [0.25, 0.3) is 0 Å². The van der Waals surface area contributed by atoms with E-state index in [1.165, 1.54) is 5.56 Å². The largest absolute Gasteiger partial charge is 0.411 e. The van der Waals surface area contributed by atoms with E-state index >= 15 is 0 Å². The van der Waals surface area contributed by atoms with Gasteiger partial charge in [0.05, 0.1) is 5.71 Å². The maximum Gasteiger partial charge on any atom is 0.0945 e. The molecule has 0 aromatic heterocycles. The third-order valence-electron chi connectivity index (χ3n) is 3.71. The molecule has 0 heterocycles. The summed E-state index contributed by atoms with van der Waals surface area (Å²) in [5, 5.41) is 13.7. The molecule has 2 aromatic rings. The Hall–Kier alpha value is -1.80. The summed E-state index contributed by atoms with van der Waals surface area (Å²) in [6, 6.07) is 15.9. The van der Waals surface area contributed by atoms with Crippen molar-refractivity contribution in [3.05, 3.63) is 70.2 Å². The number of halogens is 1. The Bertz CT molecular complexity index is 619. The van der Waals surface area contributed by atoms with E-state index in [4.69, 9.17) is 11.6 Å². The van der Waals surface area contributed by atoms with Crippen molar-refractivity contribution < 1.29 is 5.21 Å². The van der Waals surface area contributed by atoms with Gasteiger partial charge in [-0.2, -0.15) is 0 Å². The summed E-state index contributed by atoms with van der Waals surface area (Å²) in [7, 11) is 0. The van der Waals surface area contributed by atoms with Crippen LogP contribution < -0.4 is 0 Å². The highest BCUT2D eigenvalue weighted by atomic mass is 35.5. The average molecular weight is 272 g/mol. The van der Waals surface area contributed by atoms with E-state index in [-0.39, 0.29) is 5.92 Å². The van der Waals surface area contributed by atoms with Crippen LogP contribution in [0.3, 0.4) is 0 Å². The van der Waals surface area contributed by atoms with Crippen molar-refractivity contribution in [2.24, 2.45) is 5.16 Å². The predicted octanol–water partition coefficient (Wildman–Crippen LogP) is 4.25. The molecule has 0 saturated heterocycles. The van der Waals surface area contributed by atoms with E-state index in [1.807, 2.05) is 42.5 Å². The number of aryl methyl sites for hydroxylation is 1. The number of rotatable bonds is 1.